The Morgan fingerprint density at radius 1 is 1.04 bits per heavy atom. The largest absolute Gasteiger partial charge is 0.489 e. The first-order valence-corrected chi connectivity index (χ1v) is 8.20. The normalized spacial score (nSPS) is 11.6. The molecule has 8 heteroatoms. The van der Waals surface area contributed by atoms with Gasteiger partial charge in [0.15, 0.2) is 0 Å². The topological polar surface area (TPSA) is 46.5 Å². The van der Waals surface area contributed by atoms with E-state index in [1.54, 1.807) is 42.5 Å². The van der Waals surface area contributed by atoms with Crippen molar-refractivity contribution in [3.8, 4) is 5.75 Å². The number of hydrogen-bond acceptors (Lipinski definition) is 4. The Hall–Kier alpha value is -3.42. The Labute approximate surface area is 158 Å². The minimum atomic E-state index is -4.43. The van der Waals surface area contributed by atoms with E-state index in [0.717, 1.165) is 12.3 Å². The molecule has 0 atom stereocenters. The standard InChI is InChI=1S/C20H15F4N3O/c21-18-7-2-1-5-15(18)13-28-17-6-3-4-14(10-17)11-26-27-19-9-8-16(12-25-19)20(22,23)24/h1-12H,13H2,(H,25,27)/b26-11-. The number of aromatic nitrogens is 1. The Balaban J connectivity index is 1.59. The molecule has 0 saturated carbocycles. The maximum absolute atomic E-state index is 13.6. The maximum Gasteiger partial charge on any atom is 0.417 e. The van der Waals surface area contributed by atoms with E-state index >= 15 is 0 Å². The molecule has 0 bridgehead atoms. The lowest BCUT2D eigenvalue weighted by molar-refractivity contribution is -0.137. The van der Waals surface area contributed by atoms with Gasteiger partial charge in [-0.2, -0.15) is 18.3 Å². The molecule has 0 radical (unpaired) electrons. The minimum Gasteiger partial charge on any atom is -0.489 e. The molecule has 144 valence electrons. The van der Waals surface area contributed by atoms with Gasteiger partial charge in [-0.15, -0.1) is 0 Å². The predicted molar refractivity (Wildman–Crippen MR) is 97.6 cm³/mol. The van der Waals surface area contributed by atoms with Crippen LogP contribution in [0.25, 0.3) is 0 Å². The van der Waals surface area contributed by atoms with Crippen molar-refractivity contribution in [3.63, 3.8) is 0 Å². The van der Waals surface area contributed by atoms with Crippen LogP contribution in [0.15, 0.2) is 72.0 Å². The summed E-state index contributed by atoms with van der Waals surface area (Å²) >= 11 is 0. The molecule has 0 aliphatic rings. The Morgan fingerprint density at radius 2 is 1.86 bits per heavy atom. The molecule has 3 aromatic rings. The zero-order valence-electron chi connectivity index (χ0n) is 14.4. The highest BCUT2D eigenvalue weighted by Gasteiger charge is 2.30. The third-order valence-corrected chi connectivity index (χ3v) is 3.69. The lowest BCUT2D eigenvalue weighted by Gasteiger charge is -2.08. The van der Waals surface area contributed by atoms with Gasteiger partial charge in [0.2, 0.25) is 0 Å². The van der Waals surface area contributed by atoms with Gasteiger partial charge in [0.25, 0.3) is 0 Å². The predicted octanol–water partition coefficient (Wildman–Crippen LogP) is 5.26. The first-order valence-electron chi connectivity index (χ1n) is 8.20. The van der Waals surface area contributed by atoms with Gasteiger partial charge >= 0.3 is 6.18 Å². The zero-order valence-corrected chi connectivity index (χ0v) is 14.4. The number of ether oxygens (including phenoxy) is 1. The summed E-state index contributed by atoms with van der Waals surface area (Å²) in [6, 6.07) is 15.4. The number of halogens is 4. The molecule has 0 saturated heterocycles. The summed E-state index contributed by atoms with van der Waals surface area (Å²) in [6.45, 7) is 0.0843. The first-order chi connectivity index (χ1) is 13.4. The lowest BCUT2D eigenvalue weighted by Crippen LogP contribution is -2.05. The quantitative estimate of drug-likeness (QED) is 0.355. The van der Waals surface area contributed by atoms with E-state index in [1.807, 2.05) is 0 Å². The van der Waals surface area contributed by atoms with Crippen LogP contribution in [0.2, 0.25) is 0 Å². The summed E-state index contributed by atoms with van der Waals surface area (Å²) in [7, 11) is 0. The summed E-state index contributed by atoms with van der Waals surface area (Å²) < 4.78 is 56.7. The monoisotopic (exact) mass is 389 g/mol. The van der Waals surface area contributed by atoms with E-state index in [1.165, 1.54) is 18.3 Å². The summed E-state index contributed by atoms with van der Waals surface area (Å²) in [5, 5.41) is 3.94. The second-order valence-corrected chi connectivity index (χ2v) is 5.75. The van der Waals surface area contributed by atoms with Crippen molar-refractivity contribution in [1.82, 2.24) is 4.98 Å². The molecule has 1 aromatic heterocycles. The number of hydrazone groups is 1. The van der Waals surface area contributed by atoms with E-state index in [-0.39, 0.29) is 18.2 Å². The number of anilines is 1. The summed E-state index contributed by atoms with van der Waals surface area (Å²) in [5.74, 6) is 0.365. The number of nitrogens with zero attached hydrogens (tertiary/aromatic N) is 2. The van der Waals surface area contributed by atoms with Crippen LogP contribution in [0.1, 0.15) is 16.7 Å². The van der Waals surface area contributed by atoms with Crippen LogP contribution in [0, 0.1) is 5.82 Å². The maximum atomic E-state index is 13.6. The second kappa shape index (κ2) is 8.51. The Morgan fingerprint density at radius 3 is 2.57 bits per heavy atom. The van der Waals surface area contributed by atoms with Crippen molar-refractivity contribution in [2.45, 2.75) is 12.8 Å². The van der Waals surface area contributed by atoms with Crippen LogP contribution in [0.5, 0.6) is 5.75 Å². The fourth-order valence-electron chi connectivity index (χ4n) is 2.26. The molecular weight excluding hydrogens is 374 g/mol. The molecule has 0 aliphatic heterocycles. The minimum absolute atomic E-state index is 0.0843. The van der Waals surface area contributed by atoms with Crippen molar-refractivity contribution in [3.05, 3.63) is 89.4 Å². The number of alkyl halides is 3. The molecule has 28 heavy (non-hydrogen) atoms. The highest BCUT2D eigenvalue weighted by atomic mass is 19.4. The summed E-state index contributed by atoms with van der Waals surface area (Å²) in [4.78, 5) is 3.66. The SMILES string of the molecule is Fc1ccccc1COc1cccc(/C=N\Nc2ccc(C(F)(F)F)cn2)c1. The Bertz CT molecular complexity index is 956. The number of nitrogens with one attached hydrogen (secondary N) is 1. The Kier molecular flexibility index (Phi) is 5.88. The molecule has 0 spiro atoms. The average molecular weight is 389 g/mol. The molecule has 1 N–H and O–H groups in total. The van der Waals surface area contributed by atoms with Gasteiger partial charge in [0, 0.05) is 11.8 Å². The van der Waals surface area contributed by atoms with Crippen LogP contribution in [0.4, 0.5) is 23.4 Å². The molecule has 2 aromatic carbocycles. The van der Waals surface area contributed by atoms with Crippen LogP contribution in [-0.4, -0.2) is 11.2 Å². The van der Waals surface area contributed by atoms with Crippen LogP contribution < -0.4 is 10.2 Å². The second-order valence-electron chi connectivity index (χ2n) is 5.75. The van der Waals surface area contributed by atoms with Gasteiger partial charge in [-0.1, -0.05) is 30.3 Å². The van der Waals surface area contributed by atoms with E-state index in [4.69, 9.17) is 4.74 Å². The van der Waals surface area contributed by atoms with E-state index in [0.29, 0.717) is 16.9 Å². The van der Waals surface area contributed by atoms with E-state index in [2.05, 4.69) is 15.5 Å². The fraction of sp³-hybridized carbons (Fsp3) is 0.100. The van der Waals surface area contributed by atoms with Crippen LogP contribution >= 0.6 is 0 Å². The average Bonchev–Trinajstić information content (AvgIpc) is 2.67. The van der Waals surface area contributed by atoms with Gasteiger partial charge < -0.3 is 4.74 Å². The van der Waals surface area contributed by atoms with Gasteiger partial charge in [-0.3, -0.25) is 5.43 Å². The van der Waals surface area contributed by atoms with Gasteiger partial charge in [-0.05, 0) is 35.9 Å². The first kappa shape index (κ1) is 19.3. The molecule has 0 amide bonds. The number of hydrogen-bond donors (Lipinski definition) is 1. The molecule has 0 fully saturated rings. The van der Waals surface area contributed by atoms with Crippen LogP contribution in [-0.2, 0) is 12.8 Å². The summed E-state index contributed by atoms with van der Waals surface area (Å²) in [5.41, 5.74) is 2.85. The number of benzene rings is 2. The smallest absolute Gasteiger partial charge is 0.417 e. The molecule has 0 aliphatic carbocycles. The fourth-order valence-corrected chi connectivity index (χ4v) is 2.26. The van der Waals surface area contributed by atoms with Crippen molar-refractivity contribution >= 4 is 12.0 Å². The summed E-state index contributed by atoms with van der Waals surface area (Å²) in [6.07, 6.45) is -2.23. The zero-order chi connectivity index (χ0) is 20.0. The third kappa shape index (κ3) is 5.29. The van der Waals surface area contributed by atoms with E-state index < -0.39 is 11.7 Å². The van der Waals surface area contributed by atoms with Crippen LogP contribution in [0.3, 0.4) is 0 Å². The number of rotatable bonds is 6. The van der Waals surface area contributed by atoms with E-state index in [9.17, 15) is 17.6 Å². The molecular formula is C20H15F4N3O. The van der Waals surface area contributed by atoms with Gasteiger partial charge in [-0.25, -0.2) is 9.37 Å². The lowest BCUT2D eigenvalue weighted by atomic mass is 10.2. The third-order valence-electron chi connectivity index (χ3n) is 3.69. The highest BCUT2D eigenvalue weighted by molar-refractivity contribution is 5.80. The molecule has 4 nitrogen and oxygen atoms in total. The molecule has 0 unspecified atom stereocenters. The van der Waals surface area contributed by atoms with Gasteiger partial charge in [0.1, 0.15) is 24.0 Å². The number of pyridine rings is 1. The highest BCUT2D eigenvalue weighted by Crippen LogP contribution is 2.28. The molecule has 3 rings (SSSR count). The van der Waals surface area contributed by atoms with Crippen molar-refractivity contribution in [2.24, 2.45) is 5.10 Å². The molecule has 1 heterocycles. The van der Waals surface area contributed by atoms with Crippen molar-refractivity contribution in [2.75, 3.05) is 5.43 Å². The van der Waals surface area contributed by atoms with Crippen molar-refractivity contribution in [1.29, 1.82) is 0 Å². The van der Waals surface area contributed by atoms with Crippen molar-refractivity contribution < 1.29 is 22.3 Å². The van der Waals surface area contributed by atoms with Gasteiger partial charge in [0.05, 0.1) is 11.8 Å².